The molecule has 0 saturated carbocycles. The first-order chi connectivity index (χ1) is 13.8. The largest absolute Gasteiger partial charge is 0.361 e. The van der Waals surface area contributed by atoms with E-state index in [1.807, 2.05) is 0 Å². The van der Waals surface area contributed by atoms with Crippen LogP contribution in [0.25, 0.3) is 0 Å². The third kappa shape index (κ3) is 4.92. The van der Waals surface area contributed by atoms with Gasteiger partial charge in [-0.3, -0.25) is 0 Å². The first kappa shape index (κ1) is 20.8. The second-order valence-electron chi connectivity index (χ2n) is 7.35. The van der Waals surface area contributed by atoms with Gasteiger partial charge in [-0.25, -0.2) is 0 Å². The predicted octanol–water partition coefficient (Wildman–Crippen LogP) is 7.20. The van der Waals surface area contributed by atoms with E-state index in [4.69, 9.17) is 4.74 Å². The van der Waals surface area contributed by atoms with Crippen LogP contribution >= 0.6 is 15.9 Å². The summed E-state index contributed by atoms with van der Waals surface area (Å²) >= 11 is 3.55. The van der Waals surface area contributed by atoms with Crippen molar-refractivity contribution in [1.29, 1.82) is 0 Å². The van der Waals surface area contributed by atoms with Gasteiger partial charge in [0, 0.05) is 11.9 Å². The Hall–Kier alpha value is -1.90. The molecule has 28 heavy (non-hydrogen) atoms. The van der Waals surface area contributed by atoms with E-state index in [9.17, 15) is 0 Å². The maximum atomic E-state index is 6.80. The van der Waals surface area contributed by atoms with E-state index >= 15 is 0 Å². The minimum atomic E-state index is -0.595. The summed E-state index contributed by atoms with van der Waals surface area (Å²) in [5, 5.41) is 1.07. The molecule has 0 aliphatic carbocycles. The fourth-order valence-electron chi connectivity index (χ4n) is 3.76. The number of hydrogen-bond acceptors (Lipinski definition) is 1. The van der Waals surface area contributed by atoms with Crippen LogP contribution in [0.15, 0.2) is 91.0 Å². The van der Waals surface area contributed by atoms with Crippen LogP contribution in [-0.4, -0.2) is 11.9 Å². The maximum absolute atomic E-state index is 6.80. The lowest BCUT2D eigenvalue weighted by atomic mass is 9.80. The first-order valence-electron chi connectivity index (χ1n) is 10.1. The Morgan fingerprint density at radius 2 is 1.14 bits per heavy atom. The van der Waals surface area contributed by atoms with Gasteiger partial charge in [-0.15, -0.1) is 0 Å². The molecule has 3 aromatic rings. The predicted molar refractivity (Wildman–Crippen MR) is 122 cm³/mol. The molecule has 146 valence electrons. The number of halogens is 1. The molecule has 0 heterocycles. The highest BCUT2D eigenvalue weighted by Gasteiger charge is 2.37. The molecule has 0 bridgehead atoms. The molecule has 1 nitrogen and oxygen atoms in total. The van der Waals surface area contributed by atoms with Crippen molar-refractivity contribution in [1.82, 2.24) is 0 Å². The molecule has 3 aromatic carbocycles. The summed E-state index contributed by atoms with van der Waals surface area (Å²) in [5.41, 5.74) is 2.91. The molecule has 0 spiro atoms. The second kappa shape index (κ2) is 10.6. The second-order valence-corrected chi connectivity index (χ2v) is 8.15. The van der Waals surface area contributed by atoms with Crippen molar-refractivity contribution >= 4 is 15.9 Å². The van der Waals surface area contributed by atoms with E-state index < -0.39 is 5.60 Å². The van der Waals surface area contributed by atoms with Crippen LogP contribution in [-0.2, 0) is 10.3 Å². The Kier molecular flexibility index (Phi) is 7.88. The number of ether oxygens (including phenoxy) is 1. The van der Waals surface area contributed by atoms with E-state index in [0.29, 0.717) is 5.92 Å². The molecule has 2 heteroatoms. The van der Waals surface area contributed by atoms with Crippen molar-refractivity contribution < 1.29 is 4.74 Å². The topological polar surface area (TPSA) is 9.23 Å². The Morgan fingerprint density at radius 1 is 0.714 bits per heavy atom. The molecule has 0 unspecified atom stereocenters. The van der Waals surface area contributed by atoms with Gasteiger partial charge in [-0.1, -0.05) is 114 Å². The van der Waals surface area contributed by atoms with Crippen LogP contribution in [0.4, 0.5) is 0 Å². The summed E-state index contributed by atoms with van der Waals surface area (Å²) < 4.78 is 6.80. The summed E-state index contributed by atoms with van der Waals surface area (Å²) in [6, 6.07) is 31.8. The minimum Gasteiger partial charge on any atom is -0.361 e. The summed E-state index contributed by atoms with van der Waals surface area (Å²) in [4.78, 5) is 0. The molecule has 0 saturated heterocycles. The molecular formula is C26H29BrO. The highest BCUT2D eigenvalue weighted by Crippen LogP contribution is 2.40. The van der Waals surface area contributed by atoms with Crippen molar-refractivity contribution in [2.24, 2.45) is 5.92 Å². The van der Waals surface area contributed by atoms with Crippen molar-refractivity contribution in [3.8, 4) is 0 Å². The van der Waals surface area contributed by atoms with Crippen LogP contribution in [0, 0.1) is 5.92 Å². The lowest BCUT2D eigenvalue weighted by Gasteiger charge is -2.36. The third-order valence-electron chi connectivity index (χ3n) is 5.30. The fourth-order valence-corrected chi connectivity index (χ4v) is 4.54. The first-order valence-corrected chi connectivity index (χ1v) is 11.3. The van der Waals surface area contributed by atoms with Gasteiger partial charge in [0.15, 0.2) is 0 Å². The molecule has 0 fully saturated rings. The van der Waals surface area contributed by atoms with Gasteiger partial charge in [-0.05, 0) is 41.9 Å². The molecule has 0 radical (unpaired) electrons. The Bertz CT molecular complexity index is 705. The maximum Gasteiger partial charge on any atom is 0.143 e. The van der Waals surface area contributed by atoms with E-state index in [1.54, 1.807) is 0 Å². The molecular weight excluding hydrogens is 408 g/mol. The van der Waals surface area contributed by atoms with Gasteiger partial charge in [-0.2, -0.15) is 0 Å². The fraction of sp³-hybridized carbons (Fsp3) is 0.308. The van der Waals surface area contributed by atoms with Gasteiger partial charge in [0.2, 0.25) is 0 Å². The summed E-state index contributed by atoms with van der Waals surface area (Å²) in [7, 11) is 0. The van der Waals surface area contributed by atoms with Crippen molar-refractivity contribution in [2.45, 2.75) is 31.8 Å². The Balaban J connectivity index is 1.97. The van der Waals surface area contributed by atoms with Crippen LogP contribution in [0.2, 0.25) is 0 Å². The standard InChI is InChI=1S/C26H29BrO/c1-22(19-20-27)12-11-21-28-26(23-13-5-2-6-14-23,24-15-7-3-8-16-24)25-17-9-4-10-18-25/h2-10,13-18,22H,11-12,19-21H2,1H3/t22-/m0/s1. The molecule has 1 atom stereocenters. The van der Waals surface area contributed by atoms with Crippen molar-refractivity contribution in [2.75, 3.05) is 11.9 Å². The number of benzene rings is 3. The Labute approximate surface area is 177 Å². The molecule has 0 aliphatic rings. The summed E-state index contributed by atoms with van der Waals surface area (Å²) in [6.45, 7) is 3.05. The van der Waals surface area contributed by atoms with Crippen LogP contribution < -0.4 is 0 Å². The van der Waals surface area contributed by atoms with Gasteiger partial charge in [0.05, 0.1) is 0 Å². The monoisotopic (exact) mass is 436 g/mol. The molecule has 0 aliphatic heterocycles. The summed E-state index contributed by atoms with van der Waals surface area (Å²) in [6.07, 6.45) is 3.45. The van der Waals surface area contributed by atoms with E-state index in [1.165, 1.54) is 29.5 Å². The number of rotatable bonds is 10. The van der Waals surface area contributed by atoms with E-state index in [2.05, 4.69) is 114 Å². The SMILES string of the molecule is C[C@H](CCBr)CCCOC(c1ccccc1)(c1ccccc1)c1ccccc1. The molecule has 0 N–H and O–H groups in total. The zero-order chi connectivity index (χ0) is 19.7. The van der Waals surface area contributed by atoms with Gasteiger partial charge in [0.1, 0.15) is 5.60 Å². The van der Waals surface area contributed by atoms with E-state index in [0.717, 1.165) is 18.4 Å². The minimum absolute atomic E-state index is 0.595. The smallest absolute Gasteiger partial charge is 0.143 e. The van der Waals surface area contributed by atoms with Gasteiger partial charge >= 0.3 is 0 Å². The third-order valence-corrected chi connectivity index (χ3v) is 5.76. The zero-order valence-electron chi connectivity index (χ0n) is 16.6. The van der Waals surface area contributed by atoms with Gasteiger partial charge in [0.25, 0.3) is 0 Å². The van der Waals surface area contributed by atoms with Crippen molar-refractivity contribution in [3.05, 3.63) is 108 Å². The lowest BCUT2D eigenvalue weighted by molar-refractivity contribution is 0.00950. The number of hydrogen-bond donors (Lipinski definition) is 0. The Morgan fingerprint density at radius 3 is 1.54 bits per heavy atom. The molecule has 3 rings (SSSR count). The van der Waals surface area contributed by atoms with Crippen LogP contribution in [0.5, 0.6) is 0 Å². The molecule has 0 aromatic heterocycles. The van der Waals surface area contributed by atoms with Crippen LogP contribution in [0.1, 0.15) is 42.9 Å². The zero-order valence-corrected chi connectivity index (χ0v) is 18.1. The van der Waals surface area contributed by atoms with Crippen LogP contribution in [0.3, 0.4) is 0 Å². The highest BCUT2D eigenvalue weighted by molar-refractivity contribution is 9.09. The average Bonchev–Trinajstić information content (AvgIpc) is 2.76. The summed E-state index contributed by atoms with van der Waals surface area (Å²) in [5.74, 6) is 0.711. The average molecular weight is 437 g/mol. The van der Waals surface area contributed by atoms with Gasteiger partial charge < -0.3 is 4.74 Å². The van der Waals surface area contributed by atoms with E-state index in [-0.39, 0.29) is 0 Å². The quantitative estimate of drug-likeness (QED) is 0.185. The number of alkyl halides is 1. The normalized spacial score (nSPS) is 12.6. The van der Waals surface area contributed by atoms with Crippen molar-refractivity contribution in [3.63, 3.8) is 0 Å². The molecule has 0 amide bonds. The lowest BCUT2D eigenvalue weighted by Crippen LogP contribution is -2.33. The highest BCUT2D eigenvalue weighted by atomic mass is 79.9.